The fraction of sp³-hybridized carbons (Fsp3) is 0.700. The minimum atomic E-state index is -0.785. The monoisotopic (exact) mass is 648 g/mol. The largest absolute Gasteiger partial charge is 0.504 e. The summed E-state index contributed by atoms with van der Waals surface area (Å²) in [7, 11) is 1.49. The van der Waals surface area contributed by atoms with Crippen molar-refractivity contribution in [2.45, 2.75) is 112 Å². The molecule has 5 aliphatic carbocycles. The van der Waals surface area contributed by atoms with Gasteiger partial charge in [-0.2, -0.15) is 0 Å². The number of esters is 1. The predicted octanol–water partition coefficient (Wildman–Crippen LogP) is 8.18. The van der Waals surface area contributed by atoms with E-state index in [-0.39, 0.29) is 46.0 Å². The summed E-state index contributed by atoms with van der Waals surface area (Å²) in [4.78, 5) is 26.6. The van der Waals surface area contributed by atoms with E-state index in [2.05, 4.69) is 47.6 Å². The lowest BCUT2D eigenvalue weighted by molar-refractivity contribution is -0.217. The molecule has 8 atom stereocenters. The van der Waals surface area contributed by atoms with Crippen LogP contribution in [0.4, 0.5) is 0 Å². The van der Waals surface area contributed by atoms with Crippen LogP contribution < -0.4 is 4.74 Å². The van der Waals surface area contributed by atoms with Gasteiger partial charge in [0.15, 0.2) is 11.5 Å². The van der Waals surface area contributed by atoms with Crippen LogP contribution in [0.3, 0.4) is 0 Å². The second-order valence-electron chi connectivity index (χ2n) is 17.7. The lowest BCUT2D eigenvalue weighted by atomic mass is 9.33. The Balaban J connectivity index is 1.39. The molecular formula is C40H56O7. The Morgan fingerprint density at radius 1 is 0.957 bits per heavy atom. The van der Waals surface area contributed by atoms with Crippen LogP contribution in [0.5, 0.6) is 11.5 Å². The molecule has 1 aromatic rings. The molecule has 4 saturated carbocycles. The Morgan fingerprint density at radius 2 is 1.68 bits per heavy atom. The molecule has 6 rings (SSSR count). The number of aliphatic hydroxyl groups excluding tert-OH is 1. The van der Waals surface area contributed by atoms with E-state index >= 15 is 0 Å². The van der Waals surface area contributed by atoms with Crippen LogP contribution >= 0.6 is 0 Å². The Morgan fingerprint density at radius 3 is 2.36 bits per heavy atom. The van der Waals surface area contributed by atoms with E-state index in [9.17, 15) is 24.9 Å². The summed E-state index contributed by atoms with van der Waals surface area (Å²) in [5, 5.41) is 32.1. The van der Waals surface area contributed by atoms with Crippen LogP contribution in [0.1, 0.15) is 111 Å². The van der Waals surface area contributed by atoms with E-state index in [1.807, 2.05) is 0 Å². The zero-order chi connectivity index (χ0) is 34.2. The molecule has 1 aromatic carbocycles. The second kappa shape index (κ2) is 11.4. The van der Waals surface area contributed by atoms with E-state index in [1.165, 1.54) is 18.8 Å². The first-order chi connectivity index (χ1) is 22.0. The number of fused-ring (bicyclic) bond motifs is 7. The molecule has 0 amide bonds. The fourth-order valence-electron chi connectivity index (χ4n) is 11.9. The SMILES string of the molecule is COc1ccc(/C=C/C(=O)OC[C@@]23CC[C@@]4(C(=O)O)CCC(C)(C)CC4C2=CCC2[C@@]4(C)CC[C@H](O)C(C)(C)C4CC[C@]23C)cc1O. The molecular weight excluding hydrogens is 592 g/mol. The molecule has 0 aromatic heterocycles. The minimum Gasteiger partial charge on any atom is -0.504 e. The quantitative estimate of drug-likeness (QED) is 0.162. The van der Waals surface area contributed by atoms with E-state index in [0.29, 0.717) is 42.4 Å². The number of benzene rings is 1. The van der Waals surface area contributed by atoms with E-state index in [1.54, 1.807) is 24.3 Å². The topological polar surface area (TPSA) is 113 Å². The van der Waals surface area contributed by atoms with E-state index in [0.717, 1.165) is 44.9 Å². The third-order valence-electron chi connectivity index (χ3n) is 14.8. The lowest BCUT2D eigenvalue weighted by Gasteiger charge is -2.71. The first kappa shape index (κ1) is 34.1. The summed E-state index contributed by atoms with van der Waals surface area (Å²) in [6, 6.07) is 4.98. The van der Waals surface area contributed by atoms with Crippen molar-refractivity contribution in [3.8, 4) is 11.5 Å². The molecule has 3 N–H and O–H groups in total. The maximum absolute atomic E-state index is 13.4. The van der Waals surface area contributed by atoms with Crippen molar-refractivity contribution in [3.05, 3.63) is 41.5 Å². The van der Waals surface area contributed by atoms with Crippen molar-refractivity contribution in [1.82, 2.24) is 0 Å². The number of ether oxygens (including phenoxy) is 2. The van der Waals surface area contributed by atoms with Gasteiger partial charge in [0.25, 0.3) is 0 Å². The van der Waals surface area contributed by atoms with E-state index in [4.69, 9.17) is 9.47 Å². The molecule has 0 aliphatic heterocycles. The maximum atomic E-state index is 13.4. The van der Waals surface area contributed by atoms with Crippen molar-refractivity contribution in [1.29, 1.82) is 0 Å². The van der Waals surface area contributed by atoms with Gasteiger partial charge in [-0.15, -0.1) is 0 Å². The number of phenolic OH excluding ortho intramolecular Hbond substituents is 1. The summed E-state index contributed by atoms with van der Waals surface area (Å²) in [6.07, 6.45) is 13.4. The minimum absolute atomic E-state index is 0.000102. The number of carbonyl (C=O) groups excluding carboxylic acids is 1. The predicted molar refractivity (Wildman–Crippen MR) is 182 cm³/mol. The number of aliphatic hydroxyl groups is 1. The average molecular weight is 649 g/mol. The van der Waals surface area contributed by atoms with Crippen molar-refractivity contribution in [2.24, 2.45) is 50.2 Å². The smallest absolute Gasteiger partial charge is 0.330 e. The number of rotatable bonds is 6. The highest BCUT2D eigenvalue weighted by Crippen LogP contribution is 2.76. The molecule has 0 bridgehead atoms. The van der Waals surface area contributed by atoms with Crippen LogP contribution in [0.25, 0.3) is 6.08 Å². The molecule has 5 aliphatic rings. The first-order valence-electron chi connectivity index (χ1n) is 17.8. The summed E-state index contributed by atoms with van der Waals surface area (Å²) >= 11 is 0. The number of carboxylic acid groups (broad SMARTS) is 1. The molecule has 258 valence electrons. The number of allylic oxidation sites excluding steroid dienone is 1. The zero-order valence-electron chi connectivity index (χ0n) is 29.5. The third kappa shape index (κ3) is 5.08. The van der Waals surface area contributed by atoms with Crippen molar-refractivity contribution < 1.29 is 34.4 Å². The lowest BCUT2D eigenvalue weighted by Crippen LogP contribution is -2.66. The number of methoxy groups -OCH3 is 1. The van der Waals surface area contributed by atoms with Crippen LogP contribution in [-0.2, 0) is 14.3 Å². The number of aliphatic carboxylic acids is 1. The number of hydrogen-bond acceptors (Lipinski definition) is 6. The molecule has 7 nitrogen and oxygen atoms in total. The van der Waals surface area contributed by atoms with Crippen LogP contribution in [-0.4, -0.2) is 47.1 Å². The number of hydrogen-bond donors (Lipinski definition) is 3. The summed E-state index contributed by atoms with van der Waals surface area (Å²) in [5.74, 6) is -0.146. The number of carbonyl (C=O) groups is 2. The van der Waals surface area contributed by atoms with Gasteiger partial charge in [0.1, 0.15) is 6.61 Å². The Labute approximate surface area is 280 Å². The molecule has 47 heavy (non-hydrogen) atoms. The molecule has 4 fully saturated rings. The van der Waals surface area contributed by atoms with Crippen molar-refractivity contribution in [2.75, 3.05) is 13.7 Å². The first-order valence-corrected chi connectivity index (χ1v) is 17.8. The van der Waals surface area contributed by atoms with Gasteiger partial charge in [-0.1, -0.05) is 59.3 Å². The van der Waals surface area contributed by atoms with Crippen LogP contribution in [0, 0.1) is 50.2 Å². The highest BCUT2D eigenvalue weighted by molar-refractivity contribution is 5.87. The van der Waals surface area contributed by atoms with Crippen LogP contribution in [0.2, 0.25) is 0 Å². The standard InChI is InChI=1S/C40H56O7/c1-35(2)18-19-39(34(44)45)20-21-40(24-47-33(43)13-9-25-8-11-29(46-7)28(41)22-25)26(27(39)23-35)10-12-31-37(5)16-15-32(42)36(3,4)30(37)14-17-38(31,40)6/h8-11,13,22,27,30-32,41-42H,12,14-21,23-24H2,1-7H3,(H,44,45)/b13-9+/t27?,30?,31?,32-,37-,38+,39-,40-/m0/s1. The Hall–Kier alpha value is -2.80. The maximum Gasteiger partial charge on any atom is 0.330 e. The van der Waals surface area contributed by atoms with Crippen molar-refractivity contribution >= 4 is 18.0 Å². The van der Waals surface area contributed by atoms with Crippen LogP contribution in [0.15, 0.2) is 35.9 Å². The van der Waals surface area contributed by atoms with Gasteiger partial charge in [0, 0.05) is 11.5 Å². The molecule has 7 heteroatoms. The fourth-order valence-corrected chi connectivity index (χ4v) is 11.9. The highest BCUT2D eigenvalue weighted by atomic mass is 16.5. The summed E-state index contributed by atoms with van der Waals surface area (Å²) in [6.45, 7) is 14.1. The molecule has 0 spiro atoms. The Bertz CT molecular complexity index is 1490. The summed E-state index contributed by atoms with van der Waals surface area (Å²) in [5.41, 5.74) is 0.294. The van der Waals surface area contributed by atoms with Gasteiger partial charge in [-0.3, -0.25) is 4.79 Å². The number of carboxylic acids is 1. The molecule has 3 unspecified atom stereocenters. The van der Waals surface area contributed by atoms with Gasteiger partial charge in [-0.25, -0.2) is 4.79 Å². The summed E-state index contributed by atoms with van der Waals surface area (Å²) < 4.78 is 11.4. The van der Waals surface area contributed by atoms with Gasteiger partial charge in [-0.05, 0) is 127 Å². The number of aromatic hydroxyl groups is 1. The normalized spacial score (nSPS) is 40.2. The third-order valence-corrected chi connectivity index (χ3v) is 14.8. The Kier molecular flexibility index (Phi) is 8.26. The second-order valence-corrected chi connectivity index (χ2v) is 17.7. The highest BCUT2D eigenvalue weighted by Gasteiger charge is 2.70. The molecule has 0 saturated heterocycles. The van der Waals surface area contributed by atoms with Gasteiger partial charge >= 0.3 is 11.9 Å². The van der Waals surface area contributed by atoms with Gasteiger partial charge < -0.3 is 24.8 Å². The van der Waals surface area contributed by atoms with Gasteiger partial charge in [0.05, 0.1) is 18.6 Å². The average Bonchev–Trinajstić information content (AvgIpc) is 3.00. The molecule has 0 radical (unpaired) electrons. The zero-order valence-corrected chi connectivity index (χ0v) is 29.5. The number of phenols is 1. The van der Waals surface area contributed by atoms with Gasteiger partial charge in [0.2, 0.25) is 0 Å². The molecule has 0 heterocycles. The van der Waals surface area contributed by atoms with Crippen molar-refractivity contribution in [3.63, 3.8) is 0 Å². The van der Waals surface area contributed by atoms with E-state index < -0.39 is 22.8 Å².